The van der Waals surface area contributed by atoms with Gasteiger partial charge in [-0.25, -0.2) is 9.97 Å². The lowest BCUT2D eigenvalue weighted by Crippen LogP contribution is -1.97. The normalized spacial score (nSPS) is 13.9. The molecule has 5 heterocycles. The highest BCUT2D eigenvalue weighted by Crippen LogP contribution is 2.39. The second kappa shape index (κ2) is 12.2. The molecule has 0 aliphatic carbocycles. The smallest absolute Gasteiger partial charge is 0.303 e. The van der Waals surface area contributed by atoms with Gasteiger partial charge in [-0.15, -0.1) is 12.6 Å². The van der Waals surface area contributed by atoms with Gasteiger partial charge in [-0.1, -0.05) is 6.58 Å². The molecule has 3 aromatic rings. The Morgan fingerprint density at radius 2 is 1.25 bits per heavy atom. The first-order chi connectivity index (χ1) is 20.8. The van der Waals surface area contributed by atoms with Crippen molar-refractivity contribution < 1.29 is 19.8 Å². The second-order valence-electron chi connectivity index (χ2n) is 11.4. The highest BCUT2D eigenvalue weighted by Gasteiger charge is 2.23. The minimum absolute atomic E-state index is 0.0438. The molecule has 0 radical (unpaired) electrons. The zero-order chi connectivity index (χ0) is 32.0. The fraction of sp³-hybridized carbons (Fsp3) is 0.294. The van der Waals surface area contributed by atoms with Crippen molar-refractivity contribution in [3.05, 3.63) is 75.9 Å². The molecule has 8 nitrogen and oxygen atoms in total. The molecule has 228 valence electrons. The van der Waals surface area contributed by atoms with Gasteiger partial charge in [0, 0.05) is 50.6 Å². The number of aromatic nitrogens is 4. The van der Waals surface area contributed by atoms with Gasteiger partial charge in [0.2, 0.25) is 0 Å². The van der Waals surface area contributed by atoms with Gasteiger partial charge < -0.3 is 20.2 Å². The number of hydrogen-bond donors (Lipinski definition) is 6. The number of aromatic amines is 2. The number of carboxylic acid groups (broad SMARTS) is 2. The van der Waals surface area contributed by atoms with E-state index < -0.39 is 11.9 Å². The summed E-state index contributed by atoms with van der Waals surface area (Å²) in [5, 5.41) is 18.9. The molecule has 4 N–H and O–H groups in total. The summed E-state index contributed by atoms with van der Waals surface area (Å²) in [5.41, 5.74) is 13.5. The van der Waals surface area contributed by atoms with Crippen LogP contribution in [0.5, 0.6) is 0 Å². The van der Waals surface area contributed by atoms with E-state index in [0.29, 0.717) is 34.8 Å². The van der Waals surface area contributed by atoms with Crippen molar-refractivity contribution in [3.63, 3.8) is 0 Å². The van der Waals surface area contributed by atoms with Crippen LogP contribution < -0.4 is 0 Å². The van der Waals surface area contributed by atoms with Crippen molar-refractivity contribution in [2.75, 3.05) is 0 Å². The molecule has 2 aliphatic rings. The molecule has 0 fully saturated rings. The van der Waals surface area contributed by atoms with E-state index in [9.17, 15) is 19.8 Å². The number of hydrogen-bond acceptors (Lipinski definition) is 6. The maximum absolute atomic E-state index is 11.6. The molecular weight excluding hydrogens is 593 g/mol. The van der Waals surface area contributed by atoms with Gasteiger partial charge >= 0.3 is 11.9 Å². The van der Waals surface area contributed by atoms with E-state index in [4.69, 9.17) is 22.6 Å². The molecule has 0 unspecified atom stereocenters. The number of fused-ring (bicyclic) bond motifs is 8. The van der Waals surface area contributed by atoms with Gasteiger partial charge in [-0.2, -0.15) is 12.6 Å². The monoisotopic (exact) mass is 628 g/mol. The van der Waals surface area contributed by atoms with Gasteiger partial charge in [-0.3, -0.25) is 9.59 Å². The Morgan fingerprint density at radius 3 is 1.73 bits per heavy atom. The summed E-state index contributed by atoms with van der Waals surface area (Å²) in [6, 6.07) is 7.88. The molecular formula is C34H36N4O4S2. The summed E-state index contributed by atoms with van der Waals surface area (Å²) >= 11 is 9.43. The fourth-order valence-electron chi connectivity index (χ4n) is 6.13. The molecule has 10 heteroatoms. The highest BCUT2D eigenvalue weighted by molar-refractivity contribution is 7.90. The van der Waals surface area contributed by atoms with E-state index in [1.807, 2.05) is 45.9 Å². The van der Waals surface area contributed by atoms with Crippen LogP contribution in [-0.4, -0.2) is 42.1 Å². The third-order valence-corrected chi connectivity index (χ3v) is 8.95. The first-order valence-electron chi connectivity index (χ1n) is 14.4. The maximum atomic E-state index is 11.6. The topological polar surface area (TPSA) is 132 Å². The van der Waals surface area contributed by atoms with Crippen LogP contribution in [0.4, 0.5) is 0 Å². The Balaban J connectivity index is 1.96. The van der Waals surface area contributed by atoms with Gasteiger partial charge in [0.1, 0.15) is 0 Å². The molecule has 44 heavy (non-hydrogen) atoms. The summed E-state index contributed by atoms with van der Waals surface area (Å²) in [5.74, 6) is -1.79. The highest BCUT2D eigenvalue weighted by atomic mass is 32.1. The van der Waals surface area contributed by atoms with Gasteiger partial charge in [0.25, 0.3) is 0 Å². The minimum Gasteiger partial charge on any atom is -0.481 e. The third kappa shape index (κ3) is 5.88. The predicted octanol–water partition coefficient (Wildman–Crippen LogP) is 8.41. The summed E-state index contributed by atoms with van der Waals surface area (Å²) in [7, 11) is 0. The molecule has 0 saturated heterocycles. The average molecular weight is 629 g/mol. The molecule has 8 bridgehead atoms. The number of carbonyl (C=O) groups is 2. The molecule has 1 atom stereocenters. The van der Waals surface area contributed by atoms with Crippen molar-refractivity contribution in [1.82, 2.24) is 19.9 Å². The van der Waals surface area contributed by atoms with E-state index in [2.05, 4.69) is 42.2 Å². The molecule has 5 rings (SSSR count). The van der Waals surface area contributed by atoms with E-state index in [0.717, 1.165) is 72.3 Å². The van der Waals surface area contributed by atoms with Crippen LogP contribution in [0.15, 0.2) is 30.8 Å². The van der Waals surface area contributed by atoms with E-state index >= 15 is 0 Å². The van der Waals surface area contributed by atoms with E-state index in [1.54, 1.807) is 0 Å². The fourth-order valence-corrected chi connectivity index (χ4v) is 6.75. The number of carboxylic acids is 2. The molecule has 0 aromatic carbocycles. The summed E-state index contributed by atoms with van der Waals surface area (Å²) in [6.45, 7) is 14.1. The number of nitrogens with zero attached hydrogens (tertiary/aromatic N) is 2. The molecule has 0 saturated carbocycles. The SMILES string of the molecule is C=C(S)c1c(C)c2cc3nc(cc4nc(cc5[nH]c(cc1[nH]2)c(C)c5[C@@H](C)S)C(C)=C4CCC(=O)O)C(CCC(=O)O)=C3C. The Labute approximate surface area is 266 Å². The van der Waals surface area contributed by atoms with Crippen LogP contribution in [0, 0.1) is 13.8 Å². The van der Waals surface area contributed by atoms with Gasteiger partial charge in [0.15, 0.2) is 0 Å². The van der Waals surface area contributed by atoms with Crippen molar-refractivity contribution >= 4 is 86.5 Å². The molecule has 3 aromatic heterocycles. The number of rotatable bonds is 8. The summed E-state index contributed by atoms with van der Waals surface area (Å²) in [6.07, 6.45) is 0.508. The van der Waals surface area contributed by atoms with Gasteiger partial charge in [0.05, 0.1) is 22.8 Å². The molecule has 2 aliphatic heterocycles. The van der Waals surface area contributed by atoms with E-state index in [-0.39, 0.29) is 18.1 Å². The first-order valence-corrected chi connectivity index (χ1v) is 15.4. The Morgan fingerprint density at radius 1 is 0.773 bits per heavy atom. The van der Waals surface area contributed by atoms with E-state index in [1.165, 1.54) is 0 Å². The Hall–Kier alpha value is -4.02. The molecule has 0 amide bonds. The van der Waals surface area contributed by atoms with Gasteiger partial charge in [-0.05, 0) is 111 Å². The largest absolute Gasteiger partial charge is 0.481 e. The number of nitrogens with one attached hydrogen (secondary N) is 2. The Bertz CT molecular complexity index is 1980. The lowest BCUT2D eigenvalue weighted by atomic mass is 9.98. The van der Waals surface area contributed by atoms with Crippen molar-refractivity contribution in [2.24, 2.45) is 0 Å². The Kier molecular flexibility index (Phi) is 8.68. The van der Waals surface area contributed by atoms with Crippen LogP contribution in [0.3, 0.4) is 0 Å². The number of thiol groups is 2. The first kappa shape index (κ1) is 31.4. The standard InChI is InChI=1S/C34H36N4O4S2/c1-15-21(7-9-31(39)40)27-14-28-22(8-10-32(41)42)16(2)24(36-28)12-29-34(20(6)44)18(4)26(38-29)13-30-33(19(5)43)17(3)25(37-30)11-23(15)35-27/h11-14,20,37-38,43-44H,5,7-10H2,1-4,6H3,(H,39,40)(H,41,42)/t20-/m1/s1. The second-order valence-corrected chi connectivity index (χ2v) is 12.7. The van der Waals surface area contributed by atoms with Crippen molar-refractivity contribution in [2.45, 2.75) is 65.6 Å². The lowest BCUT2D eigenvalue weighted by Gasteiger charge is -2.05. The van der Waals surface area contributed by atoms with Crippen LogP contribution in [0.1, 0.15) is 96.7 Å². The maximum Gasteiger partial charge on any atom is 0.303 e. The average Bonchev–Trinajstić information content (AvgIpc) is 3.59. The van der Waals surface area contributed by atoms with Crippen LogP contribution >= 0.6 is 25.3 Å². The van der Waals surface area contributed by atoms with Crippen LogP contribution in [0.25, 0.3) is 49.3 Å². The number of aliphatic carboxylic acids is 2. The van der Waals surface area contributed by atoms with Crippen LogP contribution in [-0.2, 0) is 9.59 Å². The lowest BCUT2D eigenvalue weighted by molar-refractivity contribution is -0.137. The zero-order valence-corrected chi connectivity index (χ0v) is 27.2. The predicted molar refractivity (Wildman–Crippen MR) is 185 cm³/mol. The quantitative estimate of drug-likeness (QED) is 0.139. The molecule has 0 spiro atoms. The van der Waals surface area contributed by atoms with Crippen molar-refractivity contribution in [1.29, 1.82) is 0 Å². The van der Waals surface area contributed by atoms with Crippen LogP contribution in [0.2, 0.25) is 0 Å². The summed E-state index contributed by atoms with van der Waals surface area (Å²) < 4.78 is 0. The third-order valence-electron chi connectivity index (χ3n) is 8.47. The minimum atomic E-state index is -0.895. The zero-order valence-electron chi connectivity index (χ0n) is 25.4. The summed E-state index contributed by atoms with van der Waals surface area (Å²) in [4.78, 5) is 40.9. The van der Waals surface area contributed by atoms with Crippen molar-refractivity contribution in [3.8, 4) is 0 Å². The number of H-pyrrole nitrogens is 2. The number of aryl methyl sites for hydroxylation is 2. The number of allylic oxidation sites excluding steroid dienone is 4.